The molecule has 2 aromatic rings. The standard InChI is InChI=1S/C15H14ClNO4S/c1-10-9-13(8-5-11-3-6-12(16)7-4-11)17-15(18)14(10)21-22(2,19)20/h3-9H,1-2H3,(H,17,18). The predicted octanol–water partition coefficient (Wildman–Crippen LogP) is 2.85. The van der Waals surface area contributed by atoms with Gasteiger partial charge in [0.15, 0.2) is 0 Å². The van der Waals surface area contributed by atoms with Crippen LogP contribution in [0.25, 0.3) is 12.2 Å². The van der Waals surface area contributed by atoms with E-state index in [0.717, 1.165) is 11.8 Å². The number of hydrogen-bond donors (Lipinski definition) is 1. The van der Waals surface area contributed by atoms with Crippen molar-refractivity contribution >= 4 is 33.9 Å². The number of aromatic amines is 1. The molecule has 0 aliphatic heterocycles. The molecule has 0 saturated carbocycles. The van der Waals surface area contributed by atoms with Gasteiger partial charge in [-0.15, -0.1) is 0 Å². The highest BCUT2D eigenvalue weighted by atomic mass is 35.5. The van der Waals surface area contributed by atoms with Gasteiger partial charge in [-0.3, -0.25) is 4.79 Å². The average Bonchev–Trinajstić information content (AvgIpc) is 2.41. The normalized spacial score (nSPS) is 11.8. The molecular weight excluding hydrogens is 326 g/mol. The van der Waals surface area contributed by atoms with Gasteiger partial charge in [0.25, 0.3) is 5.56 Å². The van der Waals surface area contributed by atoms with Crippen LogP contribution in [0.2, 0.25) is 5.02 Å². The minimum absolute atomic E-state index is 0.217. The van der Waals surface area contributed by atoms with Crippen molar-refractivity contribution in [3.63, 3.8) is 0 Å². The van der Waals surface area contributed by atoms with Crippen LogP contribution >= 0.6 is 11.6 Å². The van der Waals surface area contributed by atoms with E-state index in [0.29, 0.717) is 16.3 Å². The quantitative estimate of drug-likeness (QED) is 0.869. The fourth-order valence-electron chi connectivity index (χ4n) is 1.81. The molecule has 0 aliphatic carbocycles. The van der Waals surface area contributed by atoms with Gasteiger partial charge in [0.2, 0.25) is 5.75 Å². The summed E-state index contributed by atoms with van der Waals surface area (Å²) in [5.41, 5.74) is 1.30. The lowest BCUT2D eigenvalue weighted by Crippen LogP contribution is -2.17. The zero-order valence-electron chi connectivity index (χ0n) is 12.0. The summed E-state index contributed by atoms with van der Waals surface area (Å²) in [6.07, 6.45) is 4.40. The fourth-order valence-corrected chi connectivity index (χ4v) is 2.44. The van der Waals surface area contributed by atoms with Crippen molar-refractivity contribution in [2.75, 3.05) is 6.26 Å². The lowest BCUT2D eigenvalue weighted by molar-refractivity contribution is 0.486. The zero-order chi connectivity index (χ0) is 16.3. The number of nitrogens with one attached hydrogen (secondary N) is 1. The number of benzene rings is 1. The third-order valence-corrected chi connectivity index (χ3v) is 3.48. The monoisotopic (exact) mass is 339 g/mol. The SMILES string of the molecule is Cc1cc(C=Cc2ccc(Cl)cc2)[nH]c(=O)c1OS(C)(=O)=O. The van der Waals surface area contributed by atoms with Crippen LogP contribution in [0.3, 0.4) is 0 Å². The van der Waals surface area contributed by atoms with Crippen LogP contribution in [0.4, 0.5) is 0 Å². The van der Waals surface area contributed by atoms with Gasteiger partial charge >= 0.3 is 10.1 Å². The Morgan fingerprint density at radius 2 is 1.82 bits per heavy atom. The maximum absolute atomic E-state index is 11.9. The third kappa shape index (κ3) is 4.47. The summed E-state index contributed by atoms with van der Waals surface area (Å²) < 4.78 is 26.9. The summed E-state index contributed by atoms with van der Waals surface area (Å²) >= 11 is 5.81. The summed E-state index contributed by atoms with van der Waals surface area (Å²) in [5, 5.41) is 0.642. The summed E-state index contributed by atoms with van der Waals surface area (Å²) in [5.74, 6) is -0.217. The molecule has 116 valence electrons. The molecule has 0 unspecified atom stereocenters. The second-order valence-corrected chi connectivity index (χ2v) is 6.75. The lowest BCUT2D eigenvalue weighted by atomic mass is 10.1. The molecule has 0 saturated heterocycles. The van der Waals surface area contributed by atoms with E-state index in [1.165, 1.54) is 0 Å². The highest BCUT2D eigenvalue weighted by Crippen LogP contribution is 2.16. The number of rotatable bonds is 4. The van der Waals surface area contributed by atoms with E-state index in [2.05, 4.69) is 9.17 Å². The van der Waals surface area contributed by atoms with Crippen molar-refractivity contribution in [1.82, 2.24) is 4.98 Å². The molecule has 1 aromatic carbocycles. The minimum Gasteiger partial charge on any atom is -0.376 e. The molecule has 1 aromatic heterocycles. The zero-order valence-corrected chi connectivity index (χ0v) is 13.5. The number of pyridine rings is 1. The first-order valence-electron chi connectivity index (χ1n) is 6.31. The van der Waals surface area contributed by atoms with Crippen LogP contribution in [0.5, 0.6) is 5.75 Å². The second kappa shape index (κ2) is 6.37. The van der Waals surface area contributed by atoms with Gasteiger partial charge in [-0.25, -0.2) is 0 Å². The Morgan fingerprint density at radius 3 is 2.36 bits per heavy atom. The van der Waals surface area contributed by atoms with E-state index in [1.807, 2.05) is 12.1 Å². The molecule has 7 heteroatoms. The fraction of sp³-hybridized carbons (Fsp3) is 0.133. The van der Waals surface area contributed by atoms with Gasteiger partial charge in [-0.1, -0.05) is 29.8 Å². The Bertz CT molecular complexity index is 867. The molecule has 2 rings (SSSR count). The average molecular weight is 340 g/mol. The van der Waals surface area contributed by atoms with Crippen LogP contribution < -0.4 is 9.74 Å². The number of H-pyrrole nitrogens is 1. The van der Waals surface area contributed by atoms with Gasteiger partial charge in [0, 0.05) is 16.3 Å². The van der Waals surface area contributed by atoms with E-state index >= 15 is 0 Å². The van der Waals surface area contributed by atoms with E-state index < -0.39 is 15.7 Å². The molecule has 0 atom stereocenters. The topological polar surface area (TPSA) is 76.2 Å². The van der Waals surface area contributed by atoms with Crippen molar-refractivity contribution in [2.24, 2.45) is 0 Å². The number of halogens is 1. The molecule has 0 spiro atoms. The summed E-state index contributed by atoms with van der Waals surface area (Å²) in [4.78, 5) is 14.5. The Kier molecular flexibility index (Phi) is 4.73. The lowest BCUT2D eigenvalue weighted by Gasteiger charge is -2.06. The Balaban J connectivity index is 2.30. The second-order valence-electron chi connectivity index (χ2n) is 4.74. The first-order valence-corrected chi connectivity index (χ1v) is 8.51. The van der Waals surface area contributed by atoms with E-state index in [-0.39, 0.29) is 5.75 Å². The Labute approximate surface area is 133 Å². The van der Waals surface area contributed by atoms with Crippen LogP contribution in [0, 0.1) is 6.92 Å². The minimum atomic E-state index is -3.74. The van der Waals surface area contributed by atoms with E-state index in [9.17, 15) is 13.2 Å². The molecule has 1 heterocycles. The molecule has 0 fully saturated rings. The van der Waals surface area contributed by atoms with Gasteiger partial charge in [0.1, 0.15) is 0 Å². The van der Waals surface area contributed by atoms with Crippen LogP contribution in [-0.4, -0.2) is 19.7 Å². The molecular formula is C15H14ClNO4S. The van der Waals surface area contributed by atoms with Gasteiger partial charge in [0.05, 0.1) is 6.26 Å². The number of aromatic nitrogens is 1. The molecule has 22 heavy (non-hydrogen) atoms. The van der Waals surface area contributed by atoms with Gasteiger partial charge < -0.3 is 9.17 Å². The largest absolute Gasteiger partial charge is 0.376 e. The molecule has 0 amide bonds. The third-order valence-electron chi connectivity index (χ3n) is 2.75. The molecule has 0 radical (unpaired) electrons. The predicted molar refractivity (Wildman–Crippen MR) is 87.7 cm³/mol. The number of aryl methyl sites for hydroxylation is 1. The van der Waals surface area contributed by atoms with Crippen LogP contribution in [0.15, 0.2) is 35.1 Å². The van der Waals surface area contributed by atoms with Crippen molar-refractivity contribution in [3.8, 4) is 5.75 Å². The van der Waals surface area contributed by atoms with Crippen molar-refractivity contribution < 1.29 is 12.6 Å². The summed E-state index contributed by atoms with van der Waals surface area (Å²) in [6, 6.07) is 8.83. The van der Waals surface area contributed by atoms with E-state index in [1.54, 1.807) is 37.3 Å². The van der Waals surface area contributed by atoms with E-state index in [4.69, 9.17) is 11.6 Å². The molecule has 5 nitrogen and oxygen atoms in total. The Morgan fingerprint density at radius 1 is 1.18 bits per heavy atom. The van der Waals surface area contributed by atoms with Crippen molar-refractivity contribution in [2.45, 2.75) is 6.92 Å². The highest BCUT2D eigenvalue weighted by molar-refractivity contribution is 7.86. The van der Waals surface area contributed by atoms with Crippen LogP contribution in [-0.2, 0) is 10.1 Å². The molecule has 0 bridgehead atoms. The highest BCUT2D eigenvalue weighted by Gasteiger charge is 2.12. The van der Waals surface area contributed by atoms with Gasteiger partial charge in [-0.2, -0.15) is 8.42 Å². The maximum atomic E-state index is 11.9. The van der Waals surface area contributed by atoms with Crippen LogP contribution in [0.1, 0.15) is 16.8 Å². The molecule has 0 aliphatic rings. The molecule has 1 N–H and O–H groups in total. The first kappa shape index (κ1) is 16.3. The Hall–Kier alpha value is -2.05. The maximum Gasteiger partial charge on any atom is 0.306 e. The summed E-state index contributed by atoms with van der Waals surface area (Å²) in [7, 11) is -3.74. The number of hydrogen-bond acceptors (Lipinski definition) is 4. The van der Waals surface area contributed by atoms with Crippen molar-refractivity contribution in [1.29, 1.82) is 0 Å². The first-order chi connectivity index (χ1) is 10.2. The van der Waals surface area contributed by atoms with Gasteiger partial charge in [-0.05, 0) is 36.8 Å². The summed E-state index contributed by atoms with van der Waals surface area (Å²) in [6.45, 7) is 1.61. The smallest absolute Gasteiger partial charge is 0.306 e. The van der Waals surface area contributed by atoms with Crippen molar-refractivity contribution in [3.05, 3.63) is 62.5 Å².